The first-order valence-electron chi connectivity index (χ1n) is 6.89. The van der Waals surface area contributed by atoms with Crippen LogP contribution in [0.5, 0.6) is 11.8 Å². The lowest BCUT2D eigenvalue weighted by Gasteiger charge is -2.09. The summed E-state index contributed by atoms with van der Waals surface area (Å²) in [6, 6.07) is 6.56. The monoisotopic (exact) mass is 271 g/mol. The van der Waals surface area contributed by atoms with Gasteiger partial charge in [0.15, 0.2) is 0 Å². The molecule has 2 aromatic rings. The zero-order valence-electron chi connectivity index (χ0n) is 12.3. The number of hydrogen-bond donors (Lipinski definition) is 1. The van der Waals surface area contributed by atoms with Gasteiger partial charge in [0.25, 0.3) is 0 Å². The number of nitrogens with zero attached hydrogens (tertiary/aromatic N) is 2. The Balaban J connectivity index is 2.06. The fraction of sp³-hybridized carbons (Fsp3) is 0.375. The van der Waals surface area contributed by atoms with Crippen molar-refractivity contribution in [1.82, 2.24) is 9.97 Å². The minimum absolute atomic E-state index is 0.157. The molecular weight excluding hydrogens is 250 g/mol. The molecule has 0 spiro atoms. The number of hydrogen-bond acceptors (Lipinski definition) is 4. The Kier molecular flexibility index (Phi) is 4.69. The minimum Gasteiger partial charge on any atom is -0.424 e. The van der Waals surface area contributed by atoms with Gasteiger partial charge in [-0.05, 0) is 55.5 Å². The average molecular weight is 271 g/mol. The molecule has 1 aromatic heterocycles. The fourth-order valence-electron chi connectivity index (χ4n) is 2.05. The van der Waals surface area contributed by atoms with E-state index in [4.69, 9.17) is 10.5 Å². The van der Waals surface area contributed by atoms with Gasteiger partial charge >= 0.3 is 6.01 Å². The molecule has 1 aromatic carbocycles. The van der Waals surface area contributed by atoms with E-state index in [0.717, 1.165) is 35.3 Å². The predicted octanol–water partition coefficient (Wildman–Crippen LogP) is 3.17. The maximum absolute atomic E-state index is 5.91. The van der Waals surface area contributed by atoms with Crippen molar-refractivity contribution in [3.8, 4) is 11.8 Å². The Labute approximate surface area is 120 Å². The molecule has 106 valence electrons. The van der Waals surface area contributed by atoms with E-state index in [1.165, 1.54) is 0 Å². The second-order valence-electron chi connectivity index (χ2n) is 5.17. The molecular formula is C16H21N3O. The molecule has 4 nitrogen and oxygen atoms in total. The Morgan fingerprint density at radius 3 is 2.25 bits per heavy atom. The zero-order valence-corrected chi connectivity index (χ0v) is 12.3. The van der Waals surface area contributed by atoms with Gasteiger partial charge in [0, 0.05) is 18.4 Å². The summed E-state index contributed by atoms with van der Waals surface area (Å²) < 4.78 is 5.67. The molecule has 0 bridgehead atoms. The standard InChI is InChI=1S/C16H21N3O/c1-4-14(17)8-13-9-18-16(19-10-13)20-15-6-11(2)5-12(3)7-15/h5-7,9-10,14H,4,8,17H2,1-3H3. The third-order valence-corrected chi connectivity index (χ3v) is 3.11. The van der Waals surface area contributed by atoms with Gasteiger partial charge in [-0.15, -0.1) is 0 Å². The SMILES string of the molecule is CCC(N)Cc1cnc(Oc2cc(C)cc(C)c2)nc1. The molecule has 0 aliphatic carbocycles. The summed E-state index contributed by atoms with van der Waals surface area (Å²) in [7, 11) is 0. The molecule has 0 amide bonds. The molecule has 0 saturated heterocycles. The van der Waals surface area contributed by atoms with Crippen LogP contribution in [0, 0.1) is 13.8 Å². The van der Waals surface area contributed by atoms with Crippen LogP contribution in [0.25, 0.3) is 0 Å². The van der Waals surface area contributed by atoms with Gasteiger partial charge in [0.1, 0.15) is 5.75 Å². The largest absolute Gasteiger partial charge is 0.424 e. The summed E-state index contributed by atoms with van der Waals surface area (Å²) in [5.41, 5.74) is 9.26. The molecule has 0 aliphatic rings. The topological polar surface area (TPSA) is 61.0 Å². The molecule has 4 heteroatoms. The molecule has 20 heavy (non-hydrogen) atoms. The van der Waals surface area contributed by atoms with Crippen LogP contribution in [-0.2, 0) is 6.42 Å². The first-order chi connectivity index (χ1) is 9.56. The van der Waals surface area contributed by atoms with Gasteiger partial charge in [-0.2, -0.15) is 0 Å². The summed E-state index contributed by atoms with van der Waals surface area (Å²) in [6.45, 7) is 6.15. The Hall–Kier alpha value is -1.94. The summed E-state index contributed by atoms with van der Waals surface area (Å²) in [5.74, 6) is 0.764. The van der Waals surface area contributed by atoms with Crippen molar-refractivity contribution in [2.75, 3.05) is 0 Å². The van der Waals surface area contributed by atoms with Gasteiger partial charge in [0.2, 0.25) is 0 Å². The maximum Gasteiger partial charge on any atom is 0.321 e. The lowest BCUT2D eigenvalue weighted by atomic mass is 10.1. The quantitative estimate of drug-likeness (QED) is 0.907. The highest BCUT2D eigenvalue weighted by Gasteiger charge is 2.05. The zero-order chi connectivity index (χ0) is 14.5. The molecule has 0 aliphatic heterocycles. The predicted molar refractivity (Wildman–Crippen MR) is 80.0 cm³/mol. The van der Waals surface area contributed by atoms with Crippen LogP contribution < -0.4 is 10.5 Å². The first-order valence-corrected chi connectivity index (χ1v) is 6.89. The van der Waals surface area contributed by atoms with E-state index < -0.39 is 0 Å². The van der Waals surface area contributed by atoms with Gasteiger partial charge in [-0.3, -0.25) is 0 Å². The summed E-state index contributed by atoms with van der Waals surface area (Å²) in [5, 5.41) is 0. The highest BCUT2D eigenvalue weighted by Crippen LogP contribution is 2.20. The van der Waals surface area contributed by atoms with E-state index >= 15 is 0 Å². The third kappa shape index (κ3) is 4.03. The molecule has 2 rings (SSSR count). The fourth-order valence-corrected chi connectivity index (χ4v) is 2.05. The number of benzene rings is 1. The molecule has 1 heterocycles. The normalized spacial score (nSPS) is 12.2. The number of rotatable bonds is 5. The van der Waals surface area contributed by atoms with Crippen molar-refractivity contribution in [3.05, 3.63) is 47.3 Å². The smallest absolute Gasteiger partial charge is 0.321 e. The van der Waals surface area contributed by atoms with E-state index in [2.05, 4.69) is 23.0 Å². The number of aryl methyl sites for hydroxylation is 2. The Morgan fingerprint density at radius 2 is 1.70 bits per heavy atom. The van der Waals surface area contributed by atoms with Crippen LogP contribution in [-0.4, -0.2) is 16.0 Å². The van der Waals surface area contributed by atoms with Crippen LogP contribution in [0.3, 0.4) is 0 Å². The van der Waals surface area contributed by atoms with Crippen molar-refractivity contribution in [2.24, 2.45) is 5.73 Å². The van der Waals surface area contributed by atoms with Crippen LogP contribution in [0.15, 0.2) is 30.6 Å². The van der Waals surface area contributed by atoms with Crippen LogP contribution in [0.4, 0.5) is 0 Å². The number of aromatic nitrogens is 2. The van der Waals surface area contributed by atoms with Gasteiger partial charge in [-0.25, -0.2) is 9.97 Å². The van der Waals surface area contributed by atoms with Crippen LogP contribution in [0.1, 0.15) is 30.0 Å². The average Bonchev–Trinajstić information content (AvgIpc) is 2.39. The molecule has 0 saturated carbocycles. The van der Waals surface area contributed by atoms with Gasteiger partial charge in [0.05, 0.1) is 0 Å². The van der Waals surface area contributed by atoms with Crippen molar-refractivity contribution >= 4 is 0 Å². The third-order valence-electron chi connectivity index (χ3n) is 3.11. The Morgan fingerprint density at radius 1 is 1.10 bits per heavy atom. The van der Waals surface area contributed by atoms with Crippen LogP contribution >= 0.6 is 0 Å². The lowest BCUT2D eigenvalue weighted by Crippen LogP contribution is -2.21. The highest BCUT2D eigenvalue weighted by molar-refractivity contribution is 5.34. The second-order valence-corrected chi connectivity index (χ2v) is 5.17. The minimum atomic E-state index is 0.157. The summed E-state index contributed by atoms with van der Waals surface area (Å²) in [4.78, 5) is 8.46. The summed E-state index contributed by atoms with van der Waals surface area (Å²) >= 11 is 0. The van der Waals surface area contributed by atoms with E-state index in [9.17, 15) is 0 Å². The lowest BCUT2D eigenvalue weighted by molar-refractivity contribution is 0.440. The van der Waals surface area contributed by atoms with Gasteiger partial charge < -0.3 is 10.5 Å². The molecule has 1 unspecified atom stereocenters. The number of nitrogens with two attached hydrogens (primary N) is 1. The van der Waals surface area contributed by atoms with Crippen molar-refractivity contribution in [2.45, 2.75) is 39.7 Å². The molecule has 2 N–H and O–H groups in total. The van der Waals surface area contributed by atoms with E-state index in [-0.39, 0.29) is 6.04 Å². The van der Waals surface area contributed by atoms with Gasteiger partial charge in [-0.1, -0.05) is 13.0 Å². The highest BCUT2D eigenvalue weighted by atomic mass is 16.5. The molecule has 0 fully saturated rings. The second kappa shape index (κ2) is 6.48. The van der Waals surface area contributed by atoms with E-state index in [0.29, 0.717) is 6.01 Å². The molecule has 0 radical (unpaired) electrons. The Bertz CT molecular complexity index is 546. The maximum atomic E-state index is 5.91. The molecule has 1 atom stereocenters. The first kappa shape index (κ1) is 14.5. The van der Waals surface area contributed by atoms with Crippen molar-refractivity contribution < 1.29 is 4.74 Å². The summed E-state index contributed by atoms with van der Waals surface area (Å²) in [6.07, 6.45) is 5.29. The van der Waals surface area contributed by atoms with E-state index in [1.807, 2.05) is 26.0 Å². The van der Waals surface area contributed by atoms with Crippen molar-refractivity contribution in [1.29, 1.82) is 0 Å². The van der Waals surface area contributed by atoms with Crippen molar-refractivity contribution in [3.63, 3.8) is 0 Å². The number of ether oxygens (including phenoxy) is 1. The van der Waals surface area contributed by atoms with E-state index in [1.54, 1.807) is 12.4 Å². The van der Waals surface area contributed by atoms with Crippen LogP contribution in [0.2, 0.25) is 0 Å².